The molecule has 1 heterocycles. The van der Waals surface area contributed by atoms with Crippen LogP contribution in [0.4, 0.5) is 0 Å². The molecule has 0 aliphatic carbocycles. The molecule has 1 atom stereocenters. The second-order valence-electron chi connectivity index (χ2n) is 6.31. The zero-order valence-electron chi connectivity index (χ0n) is 14.9. The van der Waals surface area contributed by atoms with Gasteiger partial charge in [0.25, 0.3) is 0 Å². The van der Waals surface area contributed by atoms with Gasteiger partial charge in [-0.2, -0.15) is 0 Å². The first-order chi connectivity index (χ1) is 12.7. The van der Waals surface area contributed by atoms with Crippen LogP contribution in [0.15, 0.2) is 42.2 Å². The van der Waals surface area contributed by atoms with Gasteiger partial charge >= 0.3 is 0 Å². The van der Waals surface area contributed by atoms with Gasteiger partial charge in [0.1, 0.15) is 11.5 Å². The van der Waals surface area contributed by atoms with E-state index in [0.717, 1.165) is 25.8 Å². The van der Waals surface area contributed by atoms with Crippen LogP contribution in [-0.4, -0.2) is 32.1 Å². The van der Waals surface area contributed by atoms with Gasteiger partial charge in [-0.15, -0.1) is 0 Å². The highest BCUT2D eigenvalue weighted by Gasteiger charge is 2.50. The predicted molar refractivity (Wildman–Crippen MR) is 121 cm³/mol. The van der Waals surface area contributed by atoms with Crippen LogP contribution in [0, 0.1) is 0 Å². The van der Waals surface area contributed by atoms with Gasteiger partial charge in [-0.3, -0.25) is 10.6 Å². The summed E-state index contributed by atoms with van der Waals surface area (Å²) < 4.78 is 9.38. The maximum Gasteiger partial charge on any atom is 0.219 e. The average molecular weight is 629 g/mol. The van der Waals surface area contributed by atoms with Crippen LogP contribution in [0.2, 0.25) is 0 Å². The molecule has 9 heteroatoms. The van der Waals surface area contributed by atoms with Gasteiger partial charge in [0.15, 0.2) is 0 Å². The molecule has 1 aliphatic rings. The Morgan fingerprint density at radius 3 is 2.00 bits per heavy atom. The minimum atomic E-state index is -0.788. The summed E-state index contributed by atoms with van der Waals surface area (Å²) in [5, 5.41) is 20.2. The van der Waals surface area contributed by atoms with E-state index in [4.69, 9.17) is 4.74 Å². The number of nitrogens with one attached hydrogen (secondary N) is 3. The second kappa shape index (κ2) is 7.93. The van der Waals surface area contributed by atoms with E-state index in [1.165, 1.54) is 0 Å². The lowest BCUT2D eigenvalue weighted by Gasteiger charge is -2.49. The van der Waals surface area contributed by atoms with Crippen LogP contribution in [0.1, 0.15) is 17.5 Å². The fourth-order valence-corrected chi connectivity index (χ4v) is 5.99. The molecule has 0 spiro atoms. The number of benzene rings is 2. The van der Waals surface area contributed by atoms with E-state index in [2.05, 4.69) is 85.7 Å². The molecule has 0 saturated heterocycles. The van der Waals surface area contributed by atoms with E-state index in [9.17, 15) is 5.11 Å². The highest BCUT2D eigenvalue weighted by molar-refractivity contribution is 9.11. The summed E-state index contributed by atoms with van der Waals surface area (Å²) in [6.07, 6.45) is 0.559. The van der Waals surface area contributed by atoms with Crippen LogP contribution >= 0.6 is 63.7 Å². The molecule has 146 valence electrons. The van der Waals surface area contributed by atoms with Crippen molar-refractivity contribution in [1.29, 1.82) is 0 Å². The molecule has 27 heavy (non-hydrogen) atoms. The van der Waals surface area contributed by atoms with Gasteiger partial charge < -0.3 is 15.2 Å². The fraction of sp³-hybridized carbons (Fsp3) is 0.333. The van der Waals surface area contributed by atoms with Crippen LogP contribution in [0.25, 0.3) is 0 Å². The Kier molecular flexibility index (Phi) is 6.33. The Morgan fingerprint density at radius 1 is 0.889 bits per heavy atom. The fourth-order valence-electron chi connectivity index (χ4n) is 3.50. The number of aromatic hydroxyl groups is 1. The molecule has 0 bridgehead atoms. The van der Waals surface area contributed by atoms with Gasteiger partial charge in [0.05, 0.1) is 19.0 Å². The summed E-state index contributed by atoms with van der Waals surface area (Å²) in [5.74, 6) is 0.118. The quantitative estimate of drug-likeness (QED) is 0.367. The number of fused-ring (bicyclic) bond motifs is 1. The van der Waals surface area contributed by atoms with Crippen LogP contribution in [0.5, 0.6) is 11.5 Å². The number of ether oxygens (including phenoxy) is 1. The lowest BCUT2D eigenvalue weighted by molar-refractivity contribution is -0.0341. The Labute approximate surface area is 192 Å². The molecule has 0 amide bonds. The molecule has 2 aromatic carbocycles. The standard InChI is InChI=1S/C18H19Br4N3O2/c1-23-17(9-4-12(20)15(26)13(21)5-9)8-18(24-2,25-3)27-16-11(17)6-10(19)7-14(16)22/h4-7,23-26H,8H2,1-3H3. The first-order valence-electron chi connectivity index (χ1n) is 8.15. The third-order valence-corrected chi connectivity index (χ3v) is 7.26. The van der Waals surface area contributed by atoms with Crippen LogP contribution in [-0.2, 0) is 5.54 Å². The number of halogens is 4. The number of hydrogen-bond donors (Lipinski definition) is 4. The minimum Gasteiger partial charge on any atom is -0.506 e. The highest BCUT2D eigenvalue weighted by Crippen LogP contribution is 2.51. The summed E-state index contributed by atoms with van der Waals surface area (Å²) in [6.45, 7) is 0. The lowest BCUT2D eigenvalue weighted by atomic mass is 9.76. The van der Waals surface area contributed by atoms with Crippen molar-refractivity contribution in [2.75, 3.05) is 21.1 Å². The van der Waals surface area contributed by atoms with Gasteiger partial charge in [0, 0.05) is 16.5 Å². The zero-order valence-corrected chi connectivity index (χ0v) is 21.2. The van der Waals surface area contributed by atoms with E-state index in [-0.39, 0.29) is 5.75 Å². The average Bonchev–Trinajstić information content (AvgIpc) is 2.65. The smallest absolute Gasteiger partial charge is 0.219 e. The molecule has 0 saturated carbocycles. The Morgan fingerprint density at radius 2 is 1.48 bits per heavy atom. The number of phenols is 1. The third-order valence-electron chi connectivity index (χ3n) is 5.00. The van der Waals surface area contributed by atoms with Crippen LogP contribution < -0.4 is 20.7 Å². The SMILES string of the molecule is CNC1(NC)CC(NC)(c2cc(Br)c(O)c(Br)c2)c2cc(Br)cc(Br)c2O1. The topological polar surface area (TPSA) is 65.5 Å². The van der Waals surface area contributed by atoms with Crippen molar-refractivity contribution in [1.82, 2.24) is 16.0 Å². The van der Waals surface area contributed by atoms with Crippen molar-refractivity contribution >= 4 is 63.7 Å². The summed E-state index contributed by atoms with van der Waals surface area (Å²) in [7, 11) is 5.64. The highest BCUT2D eigenvalue weighted by atomic mass is 79.9. The van der Waals surface area contributed by atoms with Crippen molar-refractivity contribution in [2.24, 2.45) is 0 Å². The van der Waals surface area contributed by atoms with E-state index in [1.807, 2.05) is 39.3 Å². The summed E-state index contributed by atoms with van der Waals surface area (Å²) >= 11 is 14.2. The summed E-state index contributed by atoms with van der Waals surface area (Å²) in [4.78, 5) is 0. The lowest BCUT2D eigenvalue weighted by Crippen LogP contribution is -2.66. The molecule has 0 fully saturated rings. The molecule has 5 nitrogen and oxygen atoms in total. The van der Waals surface area contributed by atoms with Gasteiger partial charge in [-0.25, -0.2) is 0 Å². The summed E-state index contributed by atoms with van der Waals surface area (Å²) in [6, 6.07) is 7.87. The van der Waals surface area contributed by atoms with E-state index < -0.39 is 11.4 Å². The summed E-state index contributed by atoms with van der Waals surface area (Å²) in [5.41, 5.74) is 1.37. The number of hydrogen-bond acceptors (Lipinski definition) is 5. The van der Waals surface area contributed by atoms with Crippen LogP contribution in [0.3, 0.4) is 0 Å². The normalized spacial score (nSPS) is 20.9. The largest absolute Gasteiger partial charge is 0.506 e. The van der Waals surface area contributed by atoms with Crippen molar-refractivity contribution in [3.05, 3.63) is 53.3 Å². The van der Waals surface area contributed by atoms with Gasteiger partial charge in [0.2, 0.25) is 5.85 Å². The number of phenolic OH excluding ortho intramolecular Hbond substituents is 1. The van der Waals surface area contributed by atoms with E-state index in [1.54, 1.807) is 0 Å². The van der Waals surface area contributed by atoms with Crippen molar-refractivity contribution in [3.8, 4) is 11.5 Å². The van der Waals surface area contributed by atoms with Crippen molar-refractivity contribution < 1.29 is 9.84 Å². The maximum absolute atomic E-state index is 10.2. The molecule has 2 aromatic rings. The van der Waals surface area contributed by atoms with Gasteiger partial charge in [-0.05, 0) is 98.8 Å². The molecule has 1 aliphatic heterocycles. The Balaban J connectivity index is 2.37. The number of rotatable bonds is 4. The third kappa shape index (κ3) is 3.60. The predicted octanol–water partition coefficient (Wildman–Crippen LogP) is 4.78. The monoisotopic (exact) mass is 625 g/mol. The molecule has 4 N–H and O–H groups in total. The molecular weight excluding hydrogens is 610 g/mol. The Hall–Kier alpha value is -0.160. The molecule has 1 unspecified atom stereocenters. The molecule has 3 rings (SSSR count). The molecular formula is C18H19Br4N3O2. The zero-order chi connectivity index (χ0) is 20.0. The second-order valence-corrected chi connectivity index (χ2v) is 9.79. The maximum atomic E-state index is 10.2. The van der Waals surface area contributed by atoms with Gasteiger partial charge in [-0.1, -0.05) is 15.9 Å². The van der Waals surface area contributed by atoms with Crippen molar-refractivity contribution in [3.63, 3.8) is 0 Å². The molecule has 0 radical (unpaired) electrons. The Bertz CT molecular complexity index is 866. The molecule has 0 aromatic heterocycles. The first kappa shape index (κ1) is 21.5. The first-order valence-corrected chi connectivity index (χ1v) is 11.3. The van der Waals surface area contributed by atoms with E-state index in [0.29, 0.717) is 15.4 Å². The van der Waals surface area contributed by atoms with E-state index >= 15 is 0 Å². The minimum absolute atomic E-state index is 0.168. The van der Waals surface area contributed by atoms with Crippen molar-refractivity contribution in [2.45, 2.75) is 17.8 Å².